The van der Waals surface area contributed by atoms with Gasteiger partial charge in [0.1, 0.15) is 0 Å². The first-order chi connectivity index (χ1) is 9.09. The van der Waals surface area contributed by atoms with Gasteiger partial charge in [-0.25, -0.2) is 0 Å². The molecule has 0 radical (unpaired) electrons. The highest BCUT2D eigenvalue weighted by Crippen LogP contribution is 2.32. The molecular formula is C13H16Br2N4. The molecule has 0 aliphatic heterocycles. The molecule has 0 saturated heterocycles. The average Bonchev–Trinajstić information content (AvgIpc) is 2.81. The summed E-state index contributed by atoms with van der Waals surface area (Å²) in [5, 5.41) is 14.0. The van der Waals surface area contributed by atoms with E-state index < -0.39 is 0 Å². The molecule has 1 heterocycles. The second kappa shape index (κ2) is 6.13. The number of nitrogens with zero attached hydrogens (tertiary/aromatic N) is 4. The lowest BCUT2D eigenvalue weighted by Gasteiger charge is -2.29. The van der Waals surface area contributed by atoms with E-state index in [0.29, 0.717) is 0 Å². The molecule has 1 aromatic heterocycles. The summed E-state index contributed by atoms with van der Waals surface area (Å²) < 4.78 is 0. The van der Waals surface area contributed by atoms with Crippen LogP contribution >= 0.6 is 31.9 Å². The van der Waals surface area contributed by atoms with Crippen LogP contribution in [0.2, 0.25) is 0 Å². The minimum atomic E-state index is -0.0605. The summed E-state index contributed by atoms with van der Waals surface area (Å²) in [4.78, 5) is 1.50. The highest BCUT2D eigenvalue weighted by atomic mass is 79.9. The van der Waals surface area contributed by atoms with Crippen LogP contribution in [-0.4, -0.2) is 30.9 Å². The molecule has 0 aliphatic carbocycles. The number of hydrogen-bond acceptors (Lipinski definition) is 3. The predicted octanol–water partition coefficient (Wildman–Crippen LogP) is 2.79. The summed E-state index contributed by atoms with van der Waals surface area (Å²) in [5.74, 6) is 0.767. The number of alkyl halides is 2. The molecule has 19 heavy (non-hydrogen) atoms. The molecule has 4 nitrogen and oxygen atoms in total. The predicted molar refractivity (Wildman–Crippen MR) is 82.9 cm³/mol. The van der Waals surface area contributed by atoms with Crippen molar-refractivity contribution < 1.29 is 0 Å². The first-order valence-electron chi connectivity index (χ1n) is 6.01. The average molecular weight is 388 g/mol. The van der Waals surface area contributed by atoms with Crippen LogP contribution in [0.25, 0.3) is 0 Å². The zero-order valence-corrected chi connectivity index (χ0v) is 14.1. The Hall–Kier alpha value is -0.750. The van der Waals surface area contributed by atoms with E-state index in [1.807, 2.05) is 0 Å². The molecular weight excluding hydrogens is 372 g/mol. The lowest BCUT2D eigenvalue weighted by atomic mass is 9.80. The van der Waals surface area contributed by atoms with Gasteiger partial charge in [0, 0.05) is 22.5 Å². The van der Waals surface area contributed by atoms with Crippen molar-refractivity contribution in [3.05, 3.63) is 41.2 Å². The van der Waals surface area contributed by atoms with Crippen molar-refractivity contribution in [2.24, 2.45) is 7.05 Å². The fraction of sp³-hybridized carbons (Fsp3) is 0.462. The van der Waals surface area contributed by atoms with E-state index in [0.717, 1.165) is 22.9 Å². The summed E-state index contributed by atoms with van der Waals surface area (Å²) in [6.07, 6.45) is 0.751. The molecule has 0 N–H and O–H groups in total. The molecule has 6 heteroatoms. The topological polar surface area (TPSA) is 43.6 Å². The van der Waals surface area contributed by atoms with E-state index in [2.05, 4.69) is 78.5 Å². The van der Waals surface area contributed by atoms with Gasteiger partial charge in [0.25, 0.3) is 0 Å². The van der Waals surface area contributed by atoms with Crippen LogP contribution < -0.4 is 0 Å². The van der Waals surface area contributed by atoms with Gasteiger partial charge in [-0.15, -0.1) is 10.2 Å². The van der Waals surface area contributed by atoms with Gasteiger partial charge in [-0.05, 0) is 17.7 Å². The van der Waals surface area contributed by atoms with Crippen LogP contribution in [0.3, 0.4) is 0 Å². The Balaban J connectivity index is 2.37. The van der Waals surface area contributed by atoms with E-state index in [1.54, 1.807) is 7.05 Å². The summed E-state index contributed by atoms with van der Waals surface area (Å²) in [6.45, 7) is 2.11. The summed E-state index contributed by atoms with van der Waals surface area (Å²) in [6, 6.07) is 8.58. The quantitative estimate of drug-likeness (QED) is 0.741. The monoisotopic (exact) mass is 386 g/mol. The summed E-state index contributed by atoms with van der Waals surface area (Å²) in [7, 11) is 1.78. The fourth-order valence-corrected chi connectivity index (χ4v) is 4.03. The molecule has 2 aromatic rings. The Labute approximate surface area is 129 Å². The van der Waals surface area contributed by atoms with Crippen molar-refractivity contribution in [2.75, 3.05) is 10.7 Å². The second-order valence-electron chi connectivity index (χ2n) is 4.79. The lowest BCUT2D eigenvalue weighted by molar-refractivity contribution is 0.530. The van der Waals surface area contributed by atoms with Crippen LogP contribution in [0.1, 0.15) is 17.0 Å². The van der Waals surface area contributed by atoms with Gasteiger partial charge < -0.3 is 0 Å². The molecule has 1 aromatic carbocycles. The van der Waals surface area contributed by atoms with Crippen molar-refractivity contribution in [2.45, 2.75) is 18.8 Å². The molecule has 0 bridgehead atoms. The lowest BCUT2D eigenvalue weighted by Crippen LogP contribution is -2.33. The maximum Gasteiger partial charge on any atom is 0.175 e. The summed E-state index contributed by atoms with van der Waals surface area (Å²) in [5.41, 5.74) is 2.49. The number of benzene rings is 1. The summed E-state index contributed by atoms with van der Waals surface area (Å²) >= 11 is 7.29. The van der Waals surface area contributed by atoms with Gasteiger partial charge >= 0.3 is 0 Å². The number of aromatic nitrogens is 4. The smallest absolute Gasteiger partial charge is 0.167 e. The van der Waals surface area contributed by atoms with Crippen LogP contribution in [0, 0.1) is 6.92 Å². The molecule has 0 amide bonds. The van der Waals surface area contributed by atoms with Crippen molar-refractivity contribution >= 4 is 31.9 Å². The Morgan fingerprint density at radius 3 is 2.53 bits per heavy atom. The van der Waals surface area contributed by atoms with Gasteiger partial charge in [-0.3, -0.25) is 0 Å². The zero-order valence-electron chi connectivity index (χ0n) is 11.0. The van der Waals surface area contributed by atoms with E-state index in [1.165, 1.54) is 15.9 Å². The maximum atomic E-state index is 4.29. The van der Waals surface area contributed by atoms with Gasteiger partial charge in [0.15, 0.2) is 5.82 Å². The SMILES string of the molecule is Cc1cccc(C(CBr)(CBr)Cc2nnn(C)n2)c1. The van der Waals surface area contributed by atoms with E-state index in [4.69, 9.17) is 0 Å². The molecule has 2 rings (SSSR count). The molecule has 102 valence electrons. The Bertz CT molecular complexity index is 549. The molecule has 0 saturated carbocycles. The van der Waals surface area contributed by atoms with Crippen molar-refractivity contribution in [1.29, 1.82) is 0 Å². The molecule has 0 fully saturated rings. The Kier molecular flexibility index (Phi) is 4.73. The minimum absolute atomic E-state index is 0.0605. The second-order valence-corrected chi connectivity index (χ2v) is 5.91. The van der Waals surface area contributed by atoms with E-state index in [-0.39, 0.29) is 5.41 Å². The van der Waals surface area contributed by atoms with Gasteiger partial charge in [0.05, 0.1) is 7.05 Å². The normalized spacial score (nSPS) is 11.8. The molecule has 0 aliphatic rings. The highest BCUT2D eigenvalue weighted by Gasteiger charge is 2.32. The van der Waals surface area contributed by atoms with Crippen molar-refractivity contribution in [1.82, 2.24) is 20.2 Å². The first kappa shape index (κ1) is 14.7. The largest absolute Gasteiger partial charge is 0.175 e. The van der Waals surface area contributed by atoms with Crippen LogP contribution in [0.5, 0.6) is 0 Å². The number of rotatable bonds is 5. The number of tetrazole rings is 1. The van der Waals surface area contributed by atoms with Crippen molar-refractivity contribution in [3.8, 4) is 0 Å². The molecule has 0 unspecified atom stereocenters. The number of aryl methyl sites for hydroxylation is 2. The first-order valence-corrected chi connectivity index (χ1v) is 8.26. The molecule has 0 atom stereocenters. The maximum absolute atomic E-state index is 4.29. The van der Waals surface area contributed by atoms with E-state index >= 15 is 0 Å². The highest BCUT2D eigenvalue weighted by molar-refractivity contribution is 9.09. The number of halogens is 2. The third kappa shape index (κ3) is 3.23. The third-order valence-electron chi connectivity index (χ3n) is 3.19. The number of hydrogen-bond donors (Lipinski definition) is 0. The van der Waals surface area contributed by atoms with Crippen LogP contribution in [-0.2, 0) is 18.9 Å². The Morgan fingerprint density at radius 1 is 1.26 bits per heavy atom. The van der Waals surface area contributed by atoms with Crippen LogP contribution in [0.4, 0.5) is 0 Å². The molecule has 0 spiro atoms. The fourth-order valence-electron chi connectivity index (χ4n) is 2.06. The standard InChI is InChI=1S/C13H16Br2N4/c1-10-4-3-5-11(6-10)13(8-14,9-15)7-12-16-18-19(2)17-12/h3-6H,7-9H2,1-2H3. The van der Waals surface area contributed by atoms with Gasteiger partial charge in [0.2, 0.25) is 0 Å². The van der Waals surface area contributed by atoms with E-state index in [9.17, 15) is 0 Å². The van der Waals surface area contributed by atoms with Gasteiger partial charge in [-0.2, -0.15) is 4.80 Å². The van der Waals surface area contributed by atoms with Crippen molar-refractivity contribution in [3.63, 3.8) is 0 Å². The minimum Gasteiger partial charge on any atom is -0.167 e. The zero-order chi connectivity index (χ0) is 13.9. The van der Waals surface area contributed by atoms with Crippen LogP contribution in [0.15, 0.2) is 24.3 Å². The Morgan fingerprint density at radius 2 is 2.00 bits per heavy atom. The van der Waals surface area contributed by atoms with Gasteiger partial charge in [-0.1, -0.05) is 61.7 Å². The third-order valence-corrected chi connectivity index (χ3v) is 5.34.